The Balaban J connectivity index is 2.17. The number of rotatable bonds is 1. The molecule has 1 aliphatic heterocycles. The molecule has 0 aliphatic carbocycles. The van der Waals surface area contributed by atoms with E-state index < -0.39 is 0 Å². The highest BCUT2D eigenvalue weighted by Gasteiger charge is 2.20. The van der Waals surface area contributed by atoms with E-state index in [9.17, 15) is 5.11 Å². The lowest BCUT2D eigenvalue weighted by molar-refractivity contribution is 0.171. The molecule has 4 N–H and O–H groups in total. The molecule has 82 valence electrons. The lowest BCUT2D eigenvalue weighted by Crippen LogP contribution is -1.93. The zero-order valence-corrected chi connectivity index (χ0v) is 8.23. The first-order chi connectivity index (χ1) is 7.75. The molecule has 0 amide bonds. The number of anilines is 1. The number of aromatic amines is 1. The Morgan fingerprint density at radius 1 is 1.38 bits per heavy atom. The van der Waals surface area contributed by atoms with Gasteiger partial charge in [0.2, 0.25) is 12.5 Å². The second kappa shape index (κ2) is 3.06. The van der Waals surface area contributed by atoms with Crippen LogP contribution < -0.4 is 15.2 Å². The monoisotopic (exact) mass is 219 g/mol. The van der Waals surface area contributed by atoms with Crippen LogP contribution in [-0.4, -0.2) is 22.1 Å². The summed E-state index contributed by atoms with van der Waals surface area (Å²) < 4.78 is 10.3. The Hall–Kier alpha value is -2.37. The van der Waals surface area contributed by atoms with Gasteiger partial charge in [0.15, 0.2) is 11.5 Å². The van der Waals surface area contributed by atoms with Crippen molar-refractivity contribution in [1.29, 1.82) is 0 Å². The molecule has 6 heteroatoms. The number of nitrogen functional groups attached to an aromatic ring is 1. The van der Waals surface area contributed by atoms with E-state index in [4.69, 9.17) is 15.2 Å². The summed E-state index contributed by atoms with van der Waals surface area (Å²) in [7, 11) is 0. The van der Waals surface area contributed by atoms with E-state index in [1.54, 1.807) is 18.3 Å². The Bertz CT molecular complexity index is 550. The number of fused-ring (bicyclic) bond motifs is 1. The van der Waals surface area contributed by atoms with Gasteiger partial charge in [-0.2, -0.15) is 5.10 Å². The van der Waals surface area contributed by atoms with Gasteiger partial charge < -0.3 is 20.3 Å². The van der Waals surface area contributed by atoms with Crippen molar-refractivity contribution in [2.75, 3.05) is 12.5 Å². The zero-order chi connectivity index (χ0) is 11.1. The molecule has 1 aliphatic rings. The molecule has 1 aromatic heterocycles. The molecular formula is C10H9N3O3. The number of aromatic hydroxyl groups is 1. The van der Waals surface area contributed by atoms with E-state index in [0.29, 0.717) is 22.9 Å². The van der Waals surface area contributed by atoms with Gasteiger partial charge in [0.25, 0.3) is 0 Å². The molecule has 16 heavy (non-hydrogen) atoms. The van der Waals surface area contributed by atoms with Crippen molar-refractivity contribution in [3.8, 4) is 28.4 Å². The van der Waals surface area contributed by atoms with Crippen LogP contribution in [0.1, 0.15) is 0 Å². The van der Waals surface area contributed by atoms with E-state index in [1.165, 1.54) is 0 Å². The molecule has 0 atom stereocenters. The lowest BCUT2D eigenvalue weighted by Gasteiger charge is -2.03. The average Bonchev–Trinajstić information content (AvgIpc) is 2.85. The van der Waals surface area contributed by atoms with Crippen LogP contribution in [0.15, 0.2) is 18.3 Å². The van der Waals surface area contributed by atoms with Gasteiger partial charge >= 0.3 is 0 Å². The minimum absolute atomic E-state index is 0.0330. The summed E-state index contributed by atoms with van der Waals surface area (Å²) in [6, 6.07) is 3.32. The zero-order valence-electron chi connectivity index (χ0n) is 8.23. The summed E-state index contributed by atoms with van der Waals surface area (Å²) in [6.45, 7) is 0.118. The number of benzene rings is 1. The van der Waals surface area contributed by atoms with Crippen molar-refractivity contribution >= 4 is 5.82 Å². The molecule has 0 radical (unpaired) electrons. The van der Waals surface area contributed by atoms with E-state index in [2.05, 4.69) is 10.2 Å². The maximum absolute atomic E-state index is 9.73. The Labute approximate surface area is 90.6 Å². The van der Waals surface area contributed by atoms with Crippen LogP contribution in [-0.2, 0) is 0 Å². The first-order valence-corrected chi connectivity index (χ1v) is 4.67. The summed E-state index contributed by atoms with van der Waals surface area (Å²) >= 11 is 0. The summed E-state index contributed by atoms with van der Waals surface area (Å²) in [5.74, 6) is 1.35. The minimum Gasteiger partial charge on any atom is -0.504 e. The van der Waals surface area contributed by atoms with E-state index in [-0.39, 0.29) is 12.5 Å². The lowest BCUT2D eigenvalue weighted by atomic mass is 10.1. The molecule has 0 saturated heterocycles. The van der Waals surface area contributed by atoms with E-state index in [0.717, 1.165) is 5.56 Å². The van der Waals surface area contributed by atoms with Gasteiger partial charge in [-0.1, -0.05) is 0 Å². The fourth-order valence-corrected chi connectivity index (χ4v) is 1.67. The predicted molar refractivity (Wildman–Crippen MR) is 56.2 cm³/mol. The number of hydrogen-bond donors (Lipinski definition) is 3. The van der Waals surface area contributed by atoms with Gasteiger partial charge in [-0.3, -0.25) is 5.10 Å². The van der Waals surface area contributed by atoms with Gasteiger partial charge in [-0.25, -0.2) is 0 Å². The molecule has 0 fully saturated rings. The highest BCUT2D eigenvalue weighted by molar-refractivity contribution is 5.77. The van der Waals surface area contributed by atoms with Crippen molar-refractivity contribution in [3.05, 3.63) is 18.3 Å². The van der Waals surface area contributed by atoms with E-state index in [1.807, 2.05) is 0 Å². The van der Waals surface area contributed by atoms with Gasteiger partial charge in [-0.15, -0.1) is 0 Å². The van der Waals surface area contributed by atoms with Gasteiger partial charge in [0, 0.05) is 5.56 Å². The normalized spacial score (nSPS) is 13.0. The summed E-state index contributed by atoms with van der Waals surface area (Å²) in [5, 5.41) is 16.2. The van der Waals surface area contributed by atoms with Gasteiger partial charge in [-0.05, 0) is 17.7 Å². The van der Waals surface area contributed by atoms with Crippen LogP contribution >= 0.6 is 0 Å². The molecule has 0 saturated carbocycles. The number of phenols is 1. The van der Waals surface area contributed by atoms with E-state index >= 15 is 0 Å². The number of H-pyrrole nitrogens is 1. The molecule has 1 aromatic carbocycles. The number of nitrogens with one attached hydrogen (secondary N) is 1. The fraction of sp³-hybridized carbons (Fsp3) is 0.100. The first kappa shape index (κ1) is 8.90. The van der Waals surface area contributed by atoms with Gasteiger partial charge in [0.1, 0.15) is 5.82 Å². The summed E-state index contributed by atoms with van der Waals surface area (Å²) in [4.78, 5) is 0. The smallest absolute Gasteiger partial charge is 0.231 e. The predicted octanol–water partition coefficient (Wildman–Crippen LogP) is 1.09. The quantitative estimate of drug-likeness (QED) is 0.667. The maximum Gasteiger partial charge on any atom is 0.231 e. The Morgan fingerprint density at radius 3 is 3.00 bits per heavy atom. The van der Waals surface area contributed by atoms with Crippen LogP contribution in [0.2, 0.25) is 0 Å². The number of hydrogen-bond acceptors (Lipinski definition) is 5. The highest BCUT2D eigenvalue weighted by atomic mass is 16.7. The van der Waals surface area contributed by atoms with Crippen molar-refractivity contribution in [2.24, 2.45) is 0 Å². The number of ether oxygens (including phenoxy) is 2. The van der Waals surface area contributed by atoms with Crippen LogP contribution in [0.25, 0.3) is 11.1 Å². The number of aromatic nitrogens is 2. The average molecular weight is 219 g/mol. The second-order valence-electron chi connectivity index (χ2n) is 3.43. The SMILES string of the molecule is Nc1[nH]ncc1-c1cc(O)c2c(c1)OCO2. The van der Waals surface area contributed by atoms with Crippen LogP contribution in [0.5, 0.6) is 17.2 Å². The molecule has 0 bridgehead atoms. The standard InChI is InChI=1S/C10H9N3O3/c11-10-6(3-12-13-10)5-1-7(14)9-8(2-5)15-4-16-9/h1-3,14H,4H2,(H3,11,12,13). The second-order valence-corrected chi connectivity index (χ2v) is 3.43. The number of nitrogens with two attached hydrogens (primary N) is 1. The Kier molecular flexibility index (Phi) is 1.70. The molecule has 3 rings (SSSR count). The Morgan fingerprint density at radius 2 is 2.25 bits per heavy atom. The third-order valence-corrected chi connectivity index (χ3v) is 2.43. The van der Waals surface area contributed by atoms with Crippen LogP contribution in [0.4, 0.5) is 5.82 Å². The van der Waals surface area contributed by atoms with Crippen molar-refractivity contribution < 1.29 is 14.6 Å². The molecule has 0 unspecified atom stereocenters. The largest absolute Gasteiger partial charge is 0.504 e. The topological polar surface area (TPSA) is 93.4 Å². The molecule has 2 aromatic rings. The maximum atomic E-state index is 9.73. The summed E-state index contributed by atoms with van der Waals surface area (Å²) in [6.07, 6.45) is 1.59. The molecule has 6 nitrogen and oxygen atoms in total. The van der Waals surface area contributed by atoms with Gasteiger partial charge in [0.05, 0.1) is 6.20 Å². The van der Waals surface area contributed by atoms with Crippen molar-refractivity contribution in [3.63, 3.8) is 0 Å². The van der Waals surface area contributed by atoms with Crippen LogP contribution in [0, 0.1) is 0 Å². The molecular weight excluding hydrogens is 210 g/mol. The third kappa shape index (κ3) is 1.16. The summed E-state index contributed by atoms with van der Waals surface area (Å²) in [5.41, 5.74) is 7.14. The highest BCUT2D eigenvalue weighted by Crippen LogP contribution is 2.44. The third-order valence-electron chi connectivity index (χ3n) is 2.43. The minimum atomic E-state index is 0.0330. The molecule has 2 heterocycles. The van der Waals surface area contributed by atoms with Crippen molar-refractivity contribution in [2.45, 2.75) is 0 Å². The first-order valence-electron chi connectivity index (χ1n) is 4.67. The fourth-order valence-electron chi connectivity index (χ4n) is 1.67. The van der Waals surface area contributed by atoms with Crippen molar-refractivity contribution in [1.82, 2.24) is 10.2 Å². The van der Waals surface area contributed by atoms with Crippen LogP contribution in [0.3, 0.4) is 0 Å². The number of phenolic OH excluding ortho intramolecular Hbond substituents is 1. The molecule has 0 spiro atoms. The number of nitrogens with zero attached hydrogens (tertiary/aromatic N) is 1.